The summed E-state index contributed by atoms with van der Waals surface area (Å²) in [5, 5.41) is 16.1. The Morgan fingerprint density at radius 1 is 1.04 bits per heavy atom. The van der Waals surface area contributed by atoms with E-state index in [1.807, 2.05) is 6.07 Å². The van der Waals surface area contributed by atoms with E-state index in [0.29, 0.717) is 21.7 Å². The van der Waals surface area contributed by atoms with E-state index in [1.54, 1.807) is 54.8 Å². The zero-order valence-corrected chi connectivity index (χ0v) is 15.3. The number of aromatic nitrogens is 2. The number of hydrogen-bond donors (Lipinski definition) is 3. The van der Waals surface area contributed by atoms with Gasteiger partial charge in [-0.3, -0.25) is 15.0 Å². The summed E-state index contributed by atoms with van der Waals surface area (Å²) in [5.41, 5.74) is 7.46. The summed E-state index contributed by atoms with van der Waals surface area (Å²) in [5.74, 6) is -0.562. The molecule has 1 unspecified atom stereocenters. The topological polar surface area (TPSA) is 126 Å². The summed E-state index contributed by atoms with van der Waals surface area (Å²) in [6.45, 7) is 0. The summed E-state index contributed by atoms with van der Waals surface area (Å²) < 4.78 is 17.3. The van der Waals surface area contributed by atoms with Crippen LogP contribution in [0.15, 0.2) is 65.7 Å². The van der Waals surface area contributed by atoms with Gasteiger partial charge in [0.1, 0.15) is 0 Å². The van der Waals surface area contributed by atoms with Crippen LogP contribution in [0.5, 0.6) is 0 Å². The maximum absolute atomic E-state index is 12.0. The molecule has 3 rings (SSSR count). The summed E-state index contributed by atoms with van der Waals surface area (Å²) in [6.07, 6.45) is 3.04. The van der Waals surface area contributed by atoms with E-state index < -0.39 is 10.8 Å². The van der Waals surface area contributed by atoms with Crippen molar-refractivity contribution in [3.63, 3.8) is 0 Å². The second kappa shape index (κ2) is 7.88. The Morgan fingerprint density at radius 3 is 2.41 bits per heavy atom. The second-order valence-corrected chi connectivity index (χ2v) is 6.91. The van der Waals surface area contributed by atoms with Crippen LogP contribution in [0.1, 0.15) is 11.3 Å². The van der Waals surface area contributed by atoms with E-state index in [1.165, 1.54) is 6.20 Å². The number of ether oxygens (including phenoxy) is 1. The molecule has 136 valence electrons. The van der Waals surface area contributed by atoms with Gasteiger partial charge in [-0.25, -0.2) is 9.97 Å². The first-order chi connectivity index (χ1) is 13.0. The molecule has 7 nitrogen and oxygen atoms in total. The minimum Gasteiger partial charge on any atom is -0.419 e. The maximum atomic E-state index is 12.0. The van der Waals surface area contributed by atoms with E-state index in [4.69, 9.17) is 21.3 Å². The Bertz CT molecular complexity index is 1040. The largest absolute Gasteiger partial charge is 0.419 e. The molecule has 1 atom stereocenters. The molecule has 1 aromatic heterocycles. The lowest BCUT2D eigenvalue weighted by Crippen LogP contribution is -2.17. The normalized spacial score (nSPS) is 11.6. The quantitative estimate of drug-likeness (QED) is 0.475. The van der Waals surface area contributed by atoms with E-state index in [2.05, 4.69) is 9.97 Å². The van der Waals surface area contributed by atoms with Gasteiger partial charge in [-0.05, 0) is 18.2 Å². The highest BCUT2D eigenvalue weighted by atomic mass is 32.2. The Hall–Kier alpha value is -3.39. The van der Waals surface area contributed by atoms with Crippen LogP contribution < -0.4 is 5.73 Å². The van der Waals surface area contributed by atoms with Crippen molar-refractivity contribution >= 4 is 28.4 Å². The standard InChI is InChI=1S/C19H17N5O2S/c1-27(25)15-10-6-5-9-13(15)14-11-23-17(20)16(24-14)19(22)26-18(21)12-7-3-2-4-8-12/h2-11,21-22H,1H3,(H2,20,23). The fourth-order valence-corrected chi connectivity index (χ4v) is 3.18. The highest BCUT2D eigenvalue weighted by molar-refractivity contribution is 7.84. The van der Waals surface area contributed by atoms with Crippen molar-refractivity contribution in [3.05, 3.63) is 72.1 Å². The predicted octanol–water partition coefficient (Wildman–Crippen LogP) is 2.83. The molecule has 3 aromatic rings. The van der Waals surface area contributed by atoms with E-state index in [-0.39, 0.29) is 23.3 Å². The summed E-state index contributed by atoms with van der Waals surface area (Å²) in [4.78, 5) is 9.05. The van der Waals surface area contributed by atoms with Crippen LogP contribution in [0.2, 0.25) is 0 Å². The number of nitrogens with zero attached hydrogens (tertiary/aromatic N) is 2. The van der Waals surface area contributed by atoms with Crippen molar-refractivity contribution in [2.75, 3.05) is 12.0 Å². The highest BCUT2D eigenvalue weighted by Gasteiger charge is 2.17. The van der Waals surface area contributed by atoms with Crippen molar-refractivity contribution in [2.45, 2.75) is 4.90 Å². The molecule has 0 aliphatic heterocycles. The number of nitrogens with two attached hydrogens (primary N) is 1. The second-order valence-electron chi connectivity index (χ2n) is 5.57. The molecule has 0 bridgehead atoms. The molecule has 0 amide bonds. The van der Waals surface area contributed by atoms with Gasteiger partial charge < -0.3 is 10.5 Å². The summed E-state index contributed by atoms with van der Waals surface area (Å²) >= 11 is 0. The highest BCUT2D eigenvalue weighted by Crippen LogP contribution is 2.25. The van der Waals surface area contributed by atoms with Crippen LogP contribution in [-0.2, 0) is 15.5 Å². The van der Waals surface area contributed by atoms with Gasteiger partial charge in [-0.1, -0.05) is 36.4 Å². The molecule has 0 aliphatic carbocycles. The van der Waals surface area contributed by atoms with Crippen molar-refractivity contribution in [2.24, 2.45) is 0 Å². The van der Waals surface area contributed by atoms with Crippen LogP contribution >= 0.6 is 0 Å². The molecule has 0 radical (unpaired) electrons. The average molecular weight is 379 g/mol. The minimum atomic E-state index is -1.22. The lowest BCUT2D eigenvalue weighted by molar-refractivity contribution is 0.536. The van der Waals surface area contributed by atoms with Crippen LogP contribution in [0.25, 0.3) is 11.3 Å². The molecule has 8 heteroatoms. The first-order valence-corrected chi connectivity index (χ1v) is 9.49. The Morgan fingerprint density at radius 2 is 1.70 bits per heavy atom. The lowest BCUT2D eigenvalue weighted by Gasteiger charge is -2.11. The van der Waals surface area contributed by atoms with Gasteiger partial charge in [0.05, 0.1) is 22.7 Å². The van der Waals surface area contributed by atoms with Gasteiger partial charge >= 0.3 is 0 Å². The molecule has 0 fully saturated rings. The lowest BCUT2D eigenvalue weighted by atomic mass is 10.1. The molecule has 1 heterocycles. The number of hydrogen-bond acceptors (Lipinski definition) is 7. The molecule has 27 heavy (non-hydrogen) atoms. The first kappa shape index (κ1) is 18.4. The zero-order valence-electron chi connectivity index (χ0n) is 14.5. The molecule has 0 saturated carbocycles. The summed E-state index contributed by atoms with van der Waals surface area (Å²) in [6, 6.07) is 15.9. The molecule has 4 N–H and O–H groups in total. The third-order valence-electron chi connectivity index (χ3n) is 3.73. The number of anilines is 1. The van der Waals surface area contributed by atoms with E-state index in [0.717, 1.165) is 0 Å². The van der Waals surface area contributed by atoms with Crippen LogP contribution in [0.4, 0.5) is 5.82 Å². The van der Waals surface area contributed by atoms with Crippen LogP contribution in [-0.4, -0.2) is 32.2 Å². The maximum Gasteiger partial charge on any atom is 0.243 e. The predicted molar refractivity (Wildman–Crippen MR) is 105 cm³/mol. The molecular weight excluding hydrogens is 362 g/mol. The van der Waals surface area contributed by atoms with Gasteiger partial charge in [0.15, 0.2) is 11.5 Å². The molecule has 0 aliphatic rings. The van der Waals surface area contributed by atoms with Crippen LogP contribution in [0.3, 0.4) is 0 Å². The van der Waals surface area contributed by atoms with Gasteiger partial charge in [0.2, 0.25) is 11.8 Å². The summed E-state index contributed by atoms with van der Waals surface area (Å²) in [7, 11) is -1.22. The van der Waals surface area contributed by atoms with Crippen molar-refractivity contribution in [1.29, 1.82) is 10.8 Å². The van der Waals surface area contributed by atoms with Crippen molar-refractivity contribution in [3.8, 4) is 11.3 Å². The monoisotopic (exact) mass is 379 g/mol. The molecule has 0 saturated heterocycles. The van der Waals surface area contributed by atoms with Gasteiger partial charge in [-0.2, -0.15) is 0 Å². The van der Waals surface area contributed by atoms with Gasteiger partial charge in [0, 0.05) is 22.3 Å². The van der Waals surface area contributed by atoms with Gasteiger partial charge in [0.25, 0.3) is 0 Å². The SMILES string of the molecule is CS(=O)c1ccccc1-c1cnc(N)c(C(=N)OC(=N)c2ccccc2)n1. The molecule has 0 spiro atoms. The molecular formula is C19H17N5O2S. The number of nitrogen functional groups attached to an aromatic ring is 1. The Balaban J connectivity index is 1.93. The molecule has 2 aromatic carbocycles. The minimum absolute atomic E-state index is 0.0136. The fourth-order valence-electron chi connectivity index (χ4n) is 2.42. The van der Waals surface area contributed by atoms with E-state index in [9.17, 15) is 4.21 Å². The fraction of sp³-hybridized carbons (Fsp3) is 0.0526. The smallest absolute Gasteiger partial charge is 0.243 e. The Kier molecular flexibility index (Phi) is 5.37. The van der Waals surface area contributed by atoms with Gasteiger partial charge in [-0.15, -0.1) is 0 Å². The third-order valence-corrected chi connectivity index (χ3v) is 4.70. The Labute approximate surface area is 158 Å². The van der Waals surface area contributed by atoms with E-state index >= 15 is 0 Å². The first-order valence-electron chi connectivity index (χ1n) is 7.93. The zero-order chi connectivity index (χ0) is 19.4. The number of benzene rings is 2. The third kappa shape index (κ3) is 4.06. The number of nitrogens with one attached hydrogen (secondary N) is 2. The van der Waals surface area contributed by atoms with Crippen LogP contribution in [0, 0.1) is 10.8 Å². The number of rotatable bonds is 4. The van der Waals surface area contributed by atoms with Crippen molar-refractivity contribution < 1.29 is 8.95 Å². The van der Waals surface area contributed by atoms with Crippen molar-refractivity contribution in [1.82, 2.24) is 9.97 Å². The average Bonchev–Trinajstić information content (AvgIpc) is 2.69.